The van der Waals surface area contributed by atoms with Gasteiger partial charge in [-0.2, -0.15) is 0 Å². The van der Waals surface area contributed by atoms with Crippen molar-refractivity contribution < 1.29 is 13.2 Å². The minimum atomic E-state index is -3.39. The third-order valence-electron chi connectivity index (χ3n) is 6.62. The zero-order chi connectivity index (χ0) is 20.3. The molecule has 162 valence electrons. The summed E-state index contributed by atoms with van der Waals surface area (Å²) in [6.07, 6.45) is 7.62. The Hall–Kier alpha value is -1.92. The van der Waals surface area contributed by atoms with Crippen molar-refractivity contribution in [1.82, 2.24) is 9.88 Å². The van der Waals surface area contributed by atoms with Crippen molar-refractivity contribution in [3.63, 3.8) is 0 Å². The van der Waals surface area contributed by atoms with E-state index in [0.29, 0.717) is 13.0 Å². The maximum atomic E-state index is 13.5. The van der Waals surface area contributed by atoms with Crippen LogP contribution in [-0.2, 0) is 27.6 Å². The van der Waals surface area contributed by atoms with Gasteiger partial charge >= 0.3 is 0 Å². The molecule has 2 atom stereocenters. The molecule has 4 rings (SSSR count). The summed E-state index contributed by atoms with van der Waals surface area (Å²) in [4.78, 5) is 19.0. The molecule has 30 heavy (non-hydrogen) atoms. The first-order valence-electron chi connectivity index (χ1n) is 10.4. The van der Waals surface area contributed by atoms with Crippen LogP contribution in [0.15, 0.2) is 54.9 Å². The van der Waals surface area contributed by atoms with Crippen LogP contribution in [0.4, 0.5) is 0 Å². The van der Waals surface area contributed by atoms with Crippen LogP contribution in [0.1, 0.15) is 43.2 Å². The van der Waals surface area contributed by atoms with E-state index in [1.54, 1.807) is 17.3 Å². The Labute approximate surface area is 185 Å². The van der Waals surface area contributed by atoms with Gasteiger partial charge in [0.05, 0.1) is 10.5 Å². The van der Waals surface area contributed by atoms with E-state index in [1.165, 1.54) is 0 Å². The summed E-state index contributed by atoms with van der Waals surface area (Å²) in [7, 11) is -3.39. The molecule has 2 aliphatic rings. The summed E-state index contributed by atoms with van der Waals surface area (Å²) in [6, 6.07) is 13.8. The summed E-state index contributed by atoms with van der Waals surface area (Å²) in [5.41, 5.74) is 2.08. The van der Waals surface area contributed by atoms with Gasteiger partial charge in [-0.15, -0.1) is 12.4 Å². The smallest absolute Gasteiger partial charge is 0.224 e. The fraction of sp³-hybridized carbons (Fsp3) is 0.478. The van der Waals surface area contributed by atoms with Crippen molar-refractivity contribution in [1.29, 1.82) is 0 Å². The number of sulfone groups is 1. The van der Waals surface area contributed by atoms with Crippen LogP contribution in [0.3, 0.4) is 0 Å². The van der Waals surface area contributed by atoms with Crippen molar-refractivity contribution in [3.8, 4) is 0 Å². The predicted molar refractivity (Wildman–Crippen MR) is 120 cm³/mol. The topological polar surface area (TPSA) is 67.3 Å². The number of benzene rings is 1. The molecule has 1 aliphatic carbocycles. The molecule has 1 aliphatic heterocycles. The van der Waals surface area contributed by atoms with Gasteiger partial charge in [0.2, 0.25) is 5.91 Å². The molecule has 5 nitrogen and oxygen atoms in total. The van der Waals surface area contributed by atoms with Crippen molar-refractivity contribution in [3.05, 3.63) is 66.0 Å². The summed E-state index contributed by atoms with van der Waals surface area (Å²) < 4.78 is 26.1. The second-order valence-electron chi connectivity index (χ2n) is 8.37. The molecule has 0 bridgehead atoms. The zero-order valence-electron chi connectivity index (χ0n) is 17.1. The highest BCUT2D eigenvalue weighted by atomic mass is 35.5. The zero-order valence-corrected chi connectivity index (χ0v) is 18.7. The van der Waals surface area contributed by atoms with Crippen LogP contribution in [0.5, 0.6) is 0 Å². The van der Waals surface area contributed by atoms with E-state index in [9.17, 15) is 13.2 Å². The predicted octanol–water partition coefficient (Wildman–Crippen LogP) is 3.82. The first-order valence-corrected chi connectivity index (χ1v) is 12.1. The molecule has 2 heterocycles. The number of hydrogen-bond acceptors (Lipinski definition) is 4. The molecule has 0 radical (unpaired) electrons. The molecule has 7 heteroatoms. The number of carbonyl (C=O) groups excluding carboxylic acids is 1. The highest BCUT2D eigenvalue weighted by Crippen LogP contribution is 2.46. The van der Waals surface area contributed by atoms with Crippen LogP contribution in [0.25, 0.3) is 0 Å². The SMILES string of the molecule is Cl.O=C1C[C@]2(CCCC[C@H]2Cc2ccccc2)S(=O)(=O)CCN1Cc1cccnc1. The molecule has 0 N–H and O–H groups in total. The summed E-state index contributed by atoms with van der Waals surface area (Å²) >= 11 is 0. The van der Waals surface area contributed by atoms with Crippen LogP contribution in [0.2, 0.25) is 0 Å². The first-order chi connectivity index (χ1) is 14.0. The second kappa shape index (κ2) is 9.48. The standard InChI is InChI=1S/C23H28N2O3S.ClH/c26-22-16-23(11-5-4-10-21(23)15-19-7-2-1-3-8-19)29(27,28)14-13-25(22)18-20-9-6-12-24-17-20;/h1-3,6-9,12,17,21H,4-5,10-11,13-16,18H2;1H/t21-,23-;/m0./s1. The minimum Gasteiger partial charge on any atom is -0.337 e. The van der Waals surface area contributed by atoms with Gasteiger partial charge in [-0.1, -0.05) is 49.2 Å². The Balaban J connectivity index is 0.00000256. The lowest BCUT2D eigenvalue weighted by Crippen LogP contribution is -2.50. The van der Waals surface area contributed by atoms with Crippen molar-refractivity contribution in [2.24, 2.45) is 5.92 Å². The van der Waals surface area contributed by atoms with Gasteiger partial charge < -0.3 is 4.90 Å². The molecule has 1 amide bonds. The fourth-order valence-electron chi connectivity index (χ4n) is 5.03. The van der Waals surface area contributed by atoms with E-state index in [-0.39, 0.29) is 43.0 Å². The number of carbonyl (C=O) groups is 1. The van der Waals surface area contributed by atoms with Gasteiger partial charge in [0.15, 0.2) is 9.84 Å². The lowest BCUT2D eigenvalue weighted by molar-refractivity contribution is -0.132. The van der Waals surface area contributed by atoms with Gasteiger partial charge in [-0.05, 0) is 42.4 Å². The van der Waals surface area contributed by atoms with E-state index in [1.807, 2.05) is 30.3 Å². The Kier molecular flexibility index (Phi) is 7.19. The van der Waals surface area contributed by atoms with Crippen molar-refractivity contribution >= 4 is 28.2 Å². The lowest BCUT2D eigenvalue weighted by atomic mass is 9.73. The van der Waals surface area contributed by atoms with Crippen molar-refractivity contribution in [2.45, 2.75) is 49.8 Å². The number of rotatable bonds is 4. The second-order valence-corrected chi connectivity index (χ2v) is 10.8. The van der Waals surface area contributed by atoms with E-state index in [2.05, 4.69) is 17.1 Å². The summed E-state index contributed by atoms with van der Waals surface area (Å²) in [5.74, 6) is -0.00886. The Bertz CT molecular complexity index is 953. The number of pyridine rings is 1. The number of amides is 1. The average molecular weight is 449 g/mol. The third kappa shape index (κ3) is 4.54. The van der Waals surface area contributed by atoms with Gasteiger partial charge in [-0.25, -0.2) is 8.42 Å². The molecule has 2 fully saturated rings. The maximum absolute atomic E-state index is 13.5. The average Bonchev–Trinajstić information content (AvgIpc) is 2.82. The third-order valence-corrected chi connectivity index (χ3v) is 9.26. The Morgan fingerprint density at radius 3 is 2.57 bits per heavy atom. The van der Waals surface area contributed by atoms with Gasteiger partial charge in [0, 0.05) is 31.9 Å². The molecular weight excluding hydrogens is 420 g/mol. The van der Waals surface area contributed by atoms with Crippen LogP contribution in [-0.4, -0.2) is 41.3 Å². The maximum Gasteiger partial charge on any atom is 0.224 e. The van der Waals surface area contributed by atoms with Gasteiger partial charge in [-0.3, -0.25) is 9.78 Å². The number of aromatic nitrogens is 1. The Morgan fingerprint density at radius 2 is 1.83 bits per heavy atom. The number of nitrogens with zero attached hydrogens (tertiary/aromatic N) is 2. The molecule has 2 aromatic rings. The number of halogens is 1. The highest BCUT2D eigenvalue weighted by molar-refractivity contribution is 7.92. The molecular formula is C23H29ClN2O3S. The fourth-order valence-corrected chi connectivity index (χ4v) is 7.40. The largest absolute Gasteiger partial charge is 0.337 e. The van der Waals surface area contributed by atoms with Crippen LogP contribution >= 0.6 is 12.4 Å². The minimum absolute atomic E-state index is 0. The monoisotopic (exact) mass is 448 g/mol. The summed E-state index contributed by atoms with van der Waals surface area (Å²) in [5, 5.41) is 0. The molecule has 1 saturated carbocycles. The summed E-state index contributed by atoms with van der Waals surface area (Å²) in [6.45, 7) is 0.678. The number of hydrogen-bond donors (Lipinski definition) is 0. The van der Waals surface area contributed by atoms with Gasteiger partial charge in [0.25, 0.3) is 0 Å². The highest BCUT2D eigenvalue weighted by Gasteiger charge is 2.53. The first kappa shape index (κ1) is 22.8. The molecule has 0 unspecified atom stereocenters. The van der Waals surface area contributed by atoms with E-state index < -0.39 is 14.6 Å². The molecule has 1 aromatic carbocycles. The molecule has 1 spiro atoms. The van der Waals surface area contributed by atoms with E-state index in [4.69, 9.17) is 0 Å². The van der Waals surface area contributed by atoms with Crippen molar-refractivity contribution in [2.75, 3.05) is 12.3 Å². The van der Waals surface area contributed by atoms with Gasteiger partial charge in [0.1, 0.15) is 0 Å². The molecule has 1 aromatic heterocycles. The van der Waals surface area contributed by atoms with Crippen LogP contribution in [0, 0.1) is 5.92 Å². The van der Waals surface area contributed by atoms with Crippen LogP contribution < -0.4 is 0 Å². The van der Waals surface area contributed by atoms with E-state index in [0.717, 1.165) is 36.8 Å². The normalized spacial score (nSPS) is 26.1. The lowest BCUT2D eigenvalue weighted by Gasteiger charge is -2.42. The molecule has 1 saturated heterocycles. The quantitative estimate of drug-likeness (QED) is 0.713. The Morgan fingerprint density at radius 1 is 1.07 bits per heavy atom. The van der Waals surface area contributed by atoms with E-state index >= 15 is 0 Å².